The SMILES string of the molecule is O=C1N(c2cc(Cc3n[nH]c(=O)c4ccccc34)ccc2F)c2ccccc2C1(O)CF. The van der Waals surface area contributed by atoms with E-state index in [4.69, 9.17) is 0 Å². The van der Waals surface area contributed by atoms with Crippen LogP contribution in [0, 0.1) is 5.82 Å². The van der Waals surface area contributed by atoms with Crippen LogP contribution >= 0.6 is 0 Å². The van der Waals surface area contributed by atoms with Gasteiger partial charge in [-0.1, -0.05) is 42.5 Å². The summed E-state index contributed by atoms with van der Waals surface area (Å²) in [6.07, 6.45) is 0.252. The number of alkyl halides is 1. The van der Waals surface area contributed by atoms with Gasteiger partial charge in [0.15, 0.2) is 5.60 Å². The maximum absolute atomic E-state index is 14.9. The van der Waals surface area contributed by atoms with Crippen LogP contribution in [-0.4, -0.2) is 27.9 Å². The van der Waals surface area contributed by atoms with Gasteiger partial charge in [-0.2, -0.15) is 5.10 Å². The summed E-state index contributed by atoms with van der Waals surface area (Å²) >= 11 is 0. The fourth-order valence-electron chi connectivity index (χ4n) is 4.14. The third-order valence-corrected chi connectivity index (χ3v) is 5.74. The molecular formula is C24H17F2N3O3. The van der Waals surface area contributed by atoms with E-state index < -0.39 is 24.0 Å². The van der Waals surface area contributed by atoms with Crippen LogP contribution < -0.4 is 10.5 Å². The van der Waals surface area contributed by atoms with Gasteiger partial charge in [-0.3, -0.25) is 14.5 Å². The molecular weight excluding hydrogens is 416 g/mol. The summed E-state index contributed by atoms with van der Waals surface area (Å²) < 4.78 is 28.6. The van der Waals surface area contributed by atoms with Crippen molar-refractivity contribution in [1.29, 1.82) is 0 Å². The molecule has 8 heteroatoms. The number of fused-ring (bicyclic) bond motifs is 2. The first kappa shape index (κ1) is 20.0. The van der Waals surface area contributed by atoms with Gasteiger partial charge in [0, 0.05) is 17.4 Å². The molecule has 0 fully saturated rings. The van der Waals surface area contributed by atoms with Crippen LogP contribution in [0.3, 0.4) is 0 Å². The fourth-order valence-corrected chi connectivity index (χ4v) is 4.14. The summed E-state index contributed by atoms with van der Waals surface area (Å²) in [5, 5.41) is 18.4. The summed E-state index contributed by atoms with van der Waals surface area (Å²) in [5.41, 5.74) is -1.27. The lowest BCUT2D eigenvalue weighted by Gasteiger charge is -2.21. The Morgan fingerprint density at radius 3 is 2.47 bits per heavy atom. The minimum atomic E-state index is -2.37. The molecule has 0 aliphatic carbocycles. The number of H-pyrrole nitrogens is 1. The van der Waals surface area contributed by atoms with E-state index in [0.717, 1.165) is 4.90 Å². The highest BCUT2D eigenvalue weighted by molar-refractivity contribution is 6.12. The van der Waals surface area contributed by atoms with E-state index in [1.54, 1.807) is 42.5 Å². The molecule has 1 atom stereocenters. The Kier molecular flexibility index (Phi) is 4.60. The number of carbonyl (C=O) groups excluding carboxylic acids is 1. The van der Waals surface area contributed by atoms with Gasteiger partial charge in [0.25, 0.3) is 11.5 Å². The standard InChI is InChI=1S/C24H17F2N3O3/c25-13-24(32)17-7-3-4-8-20(17)29(23(24)31)21-12-14(9-10-18(21)26)11-19-15-5-1-2-6-16(15)22(30)28-27-19/h1-10,12,32H,11,13H2,(H,28,30). The number of nitrogens with zero attached hydrogens (tertiary/aromatic N) is 2. The van der Waals surface area contributed by atoms with Gasteiger partial charge >= 0.3 is 0 Å². The summed E-state index contributed by atoms with van der Waals surface area (Å²) in [4.78, 5) is 26.0. The predicted molar refractivity (Wildman–Crippen MR) is 115 cm³/mol. The fraction of sp³-hybridized carbons (Fsp3) is 0.125. The highest BCUT2D eigenvalue weighted by atomic mass is 19.1. The zero-order valence-electron chi connectivity index (χ0n) is 16.7. The summed E-state index contributed by atoms with van der Waals surface area (Å²) in [6, 6.07) is 17.4. The maximum Gasteiger partial charge on any atom is 0.272 e. The Morgan fingerprint density at radius 2 is 1.69 bits per heavy atom. The number of anilines is 2. The highest BCUT2D eigenvalue weighted by Gasteiger charge is 2.51. The molecule has 1 aliphatic heterocycles. The van der Waals surface area contributed by atoms with Crippen molar-refractivity contribution in [3.63, 3.8) is 0 Å². The van der Waals surface area contributed by atoms with Crippen LogP contribution in [0.4, 0.5) is 20.2 Å². The molecule has 2 N–H and O–H groups in total. The third kappa shape index (κ3) is 2.91. The second-order valence-electron chi connectivity index (χ2n) is 7.66. The molecule has 1 aliphatic rings. The summed E-state index contributed by atoms with van der Waals surface area (Å²) in [5.74, 6) is -1.65. The van der Waals surface area contributed by atoms with E-state index in [9.17, 15) is 23.5 Å². The van der Waals surface area contributed by atoms with Crippen molar-refractivity contribution in [2.75, 3.05) is 11.6 Å². The molecule has 0 saturated heterocycles. The van der Waals surface area contributed by atoms with E-state index in [1.807, 2.05) is 0 Å². The first-order chi connectivity index (χ1) is 15.4. The van der Waals surface area contributed by atoms with Gasteiger partial charge in [0.1, 0.15) is 12.5 Å². The average molecular weight is 433 g/mol. The van der Waals surface area contributed by atoms with E-state index in [2.05, 4.69) is 10.2 Å². The van der Waals surface area contributed by atoms with Crippen molar-refractivity contribution in [2.24, 2.45) is 0 Å². The van der Waals surface area contributed by atoms with Crippen LogP contribution in [0.25, 0.3) is 10.8 Å². The first-order valence-corrected chi connectivity index (χ1v) is 9.91. The minimum absolute atomic E-state index is 0.0885. The number of para-hydroxylation sites is 1. The molecule has 2 heterocycles. The van der Waals surface area contributed by atoms with Gasteiger partial charge < -0.3 is 5.11 Å². The number of aromatic nitrogens is 2. The zero-order valence-corrected chi connectivity index (χ0v) is 16.7. The van der Waals surface area contributed by atoms with Crippen molar-refractivity contribution in [1.82, 2.24) is 10.2 Å². The molecule has 3 aromatic carbocycles. The van der Waals surface area contributed by atoms with Crippen LogP contribution in [0.15, 0.2) is 71.5 Å². The number of aliphatic hydroxyl groups is 1. The number of nitrogens with one attached hydrogen (secondary N) is 1. The van der Waals surface area contributed by atoms with E-state index >= 15 is 0 Å². The Labute approximate surface area is 180 Å². The van der Waals surface area contributed by atoms with Gasteiger partial charge in [-0.15, -0.1) is 0 Å². The lowest BCUT2D eigenvalue weighted by molar-refractivity contribution is -0.137. The molecule has 0 radical (unpaired) electrons. The van der Waals surface area contributed by atoms with E-state index in [-0.39, 0.29) is 28.9 Å². The number of carbonyl (C=O) groups is 1. The van der Waals surface area contributed by atoms with Gasteiger partial charge in [0.05, 0.1) is 22.5 Å². The zero-order chi connectivity index (χ0) is 22.5. The highest BCUT2D eigenvalue weighted by Crippen LogP contribution is 2.45. The van der Waals surface area contributed by atoms with Crippen LogP contribution in [0.5, 0.6) is 0 Å². The minimum Gasteiger partial charge on any atom is -0.373 e. The normalized spacial score (nSPS) is 17.7. The molecule has 32 heavy (non-hydrogen) atoms. The Morgan fingerprint density at radius 1 is 0.969 bits per heavy atom. The molecule has 5 rings (SSSR count). The molecule has 0 spiro atoms. The second-order valence-corrected chi connectivity index (χ2v) is 7.66. The quantitative estimate of drug-likeness (QED) is 0.516. The van der Waals surface area contributed by atoms with E-state index in [1.165, 1.54) is 24.3 Å². The molecule has 160 valence electrons. The van der Waals surface area contributed by atoms with Crippen molar-refractivity contribution in [3.8, 4) is 0 Å². The van der Waals surface area contributed by atoms with Crippen molar-refractivity contribution < 1.29 is 18.7 Å². The molecule has 1 aromatic heterocycles. The number of aromatic amines is 1. The van der Waals surface area contributed by atoms with Crippen molar-refractivity contribution in [3.05, 3.63) is 99.7 Å². The van der Waals surface area contributed by atoms with Crippen LogP contribution in [-0.2, 0) is 16.8 Å². The van der Waals surface area contributed by atoms with Crippen molar-refractivity contribution >= 4 is 28.1 Å². The summed E-state index contributed by atoms with van der Waals surface area (Å²) in [7, 11) is 0. The van der Waals surface area contributed by atoms with Gasteiger partial charge in [0.2, 0.25) is 0 Å². The van der Waals surface area contributed by atoms with E-state index in [0.29, 0.717) is 22.0 Å². The number of hydrogen-bond donors (Lipinski definition) is 2. The largest absolute Gasteiger partial charge is 0.373 e. The molecule has 4 aromatic rings. The number of hydrogen-bond acceptors (Lipinski definition) is 4. The number of benzene rings is 3. The lowest BCUT2D eigenvalue weighted by Crippen LogP contribution is -2.40. The number of amides is 1. The predicted octanol–water partition coefficient (Wildman–Crippen LogP) is 3.49. The lowest BCUT2D eigenvalue weighted by atomic mass is 9.97. The smallest absolute Gasteiger partial charge is 0.272 e. The molecule has 0 bridgehead atoms. The van der Waals surface area contributed by atoms with Gasteiger partial charge in [-0.25, -0.2) is 13.9 Å². The first-order valence-electron chi connectivity index (χ1n) is 9.91. The molecule has 1 unspecified atom stereocenters. The second kappa shape index (κ2) is 7.35. The summed E-state index contributed by atoms with van der Waals surface area (Å²) in [6.45, 7) is -1.33. The maximum atomic E-state index is 14.9. The Bertz CT molecular complexity index is 1440. The molecule has 6 nitrogen and oxygen atoms in total. The van der Waals surface area contributed by atoms with Crippen LogP contribution in [0.1, 0.15) is 16.8 Å². The third-order valence-electron chi connectivity index (χ3n) is 5.74. The molecule has 0 saturated carbocycles. The van der Waals surface area contributed by atoms with Crippen molar-refractivity contribution in [2.45, 2.75) is 12.0 Å². The Hall–Kier alpha value is -3.91. The Balaban J connectivity index is 1.60. The van der Waals surface area contributed by atoms with Gasteiger partial charge in [-0.05, 0) is 29.8 Å². The van der Waals surface area contributed by atoms with Crippen LogP contribution in [0.2, 0.25) is 0 Å². The number of halogens is 2. The topological polar surface area (TPSA) is 86.3 Å². The monoisotopic (exact) mass is 433 g/mol. The average Bonchev–Trinajstić information content (AvgIpc) is 3.04. The number of rotatable bonds is 4. The molecule has 1 amide bonds.